The molecule has 0 aliphatic carbocycles. The summed E-state index contributed by atoms with van der Waals surface area (Å²) in [6.07, 6.45) is 0. The second-order valence-corrected chi connectivity index (χ2v) is 7.13. The Hall–Kier alpha value is -1.07. The van der Waals surface area contributed by atoms with Crippen LogP contribution in [0.3, 0.4) is 0 Å². The third-order valence-electron chi connectivity index (χ3n) is 3.14. The molecule has 5 heteroatoms. The van der Waals surface area contributed by atoms with Crippen LogP contribution in [0.2, 0.25) is 0 Å². The van der Waals surface area contributed by atoms with Gasteiger partial charge in [-0.15, -0.1) is 11.3 Å². The lowest BCUT2D eigenvalue weighted by atomic mass is 10.1. The highest BCUT2D eigenvalue weighted by Gasteiger charge is 2.21. The van der Waals surface area contributed by atoms with Crippen LogP contribution in [0, 0.1) is 20.8 Å². The van der Waals surface area contributed by atoms with E-state index in [1.165, 1.54) is 0 Å². The zero-order valence-corrected chi connectivity index (χ0v) is 13.8. The van der Waals surface area contributed by atoms with E-state index in [2.05, 4.69) is 15.9 Å². The van der Waals surface area contributed by atoms with E-state index in [1.807, 2.05) is 40.0 Å². The van der Waals surface area contributed by atoms with E-state index in [1.54, 1.807) is 16.2 Å². The summed E-state index contributed by atoms with van der Waals surface area (Å²) in [6.45, 7) is 6.26. The van der Waals surface area contributed by atoms with Crippen LogP contribution in [0.4, 0.5) is 0 Å². The number of amides is 1. The Bertz CT molecular complexity index is 615. The summed E-state index contributed by atoms with van der Waals surface area (Å²) < 4.78 is 6.60. The van der Waals surface area contributed by atoms with Crippen molar-refractivity contribution in [2.24, 2.45) is 0 Å². The van der Waals surface area contributed by atoms with E-state index in [4.69, 9.17) is 4.42 Å². The average Bonchev–Trinajstić information content (AvgIpc) is 2.84. The Morgan fingerprint density at radius 3 is 2.47 bits per heavy atom. The number of hydrogen-bond acceptors (Lipinski definition) is 3. The summed E-state index contributed by atoms with van der Waals surface area (Å²) in [5, 5.41) is 0. The number of furan rings is 1. The van der Waals surface area contributed by atoms with Gasteiger partial charge in [-0.1, -0.05) is 0 Å². The normalized spacial score (nSPS) is 10.8. The number of hydrogen-bond donors (Lipinski definition) is 0. The first-order valence-electron chi connectivity index (χ1n) is 5.96. The Morgan fingerprint density at radius 1 is 1.32 bits per heavy atom. The van der Waals surface area contributed by atoms with Crippen molar-refractivity contribution in [2.75, 3.05) is 7.05 Å². The molecule has 2 aromatic heterocycles. The number of carbonyl (C=O) groups is 1. The molecule has 0 N–H and O–H groups in total. The topological polar surface area (TPSA) is 33.5 Å². The van der Waals surface area contributed by atoms with Crippen molar-refractivity contribution in [3.8, 4) is 0 Å². The van der Waals surface area contributed by atoms with Gasteiger partial charge in [-0.3, -0.25) is 4.79 Å². The molecule has 2 rings (SSSR count). The highest BCUT2D eigenvalue weighted by molar-refractivity contribution is 9.11. The molecule has 0 aromatic carbocycles. The molecule has 1 amide bonds. The molecule has 0 aliphatic rings. The van der Waals surface area contributed by atoms with Gasteiger partial charge < -0.3 is 9.32 Å². The summed E-state index contributed by atoms with van der Waals surface area (Å²) in [6, 6.07) is 4.02. The molecule has 0 unspecified atom stereocenters. The zero-order valence-electron chi connectivity index (χ0n) is 11.4. The molecule has 0 radical (unpaired) electrons. The van der Waals surface area contributed by atoms with Crippen molar-refractivity contribution in [3.63, 3.8) is 0 Å². The minimum absolute atomic E-state index is 0.0105. The standard InChI is InChI=1S/C14H16BrNO2S/c1-8-9(2)18-10(3)13(8)14(17)16(4)7-11-5-6-12(15)19-11/h5-6H,7H2,1-4H3. The van der Waals surface area contributed by atoms with E-state index in [0.29, 0.717) is 17.9 Å². The highest BCUT2D eigenvalue weighted by Crippen LogP contribution is 2.25. The second-order valence-electron chi connectivity index (χ2n) is 4.58. The lowest BCUT2D eigenvalue weighted by Crippen LogP contribution is -2.26. The second kappa shape index (κ2) is 5.51. The van der Waals surface area contributed by atoms with Crippen LogP contribution >= 0.6 is 27.3 Å². The molecule has 2 aromatic rings. The maximum atomic E-state index is 12.5. The molecule has 0 bridgehead atoms. The van der Waals surface area contributed by atoms with Gasteiger partial charge in [0.1, 0.15) is 11.5 Å². The van der Waals surface area contributed by atoms with Crippen LogP contribution in [0.15, 0.2) is 20.3 Å². The molecular weight excluding hydrogens is 326 g/mol. The smallest absolute Gasteiger partial charge is 0.257 e. The quantitative estimate of drug-likeness (QED) is 0.833. The van der Waals surface area contributed by atoms with Crippen LogP contribution in [0.25, 0.3) is 0 Å². The monoisotopic (exact) mass is 341 g/mol. The Balaban J connectivity index is 2.19. The first kappa shape index (κ1) is 14.3. The molecule has 3 nitrogen and oxygen atoms in total. The summed E-state index contributed by atoms with van der Waals surface area (Å²) >= 11 is 5.07. The van der Waals surface area contributed by atoms with Crippen molar-refractivity contribution in [1.29, 1.82) is 0 Å². The number of rotatable bonds is 3. The molecule has 2 heterocycles. The average molecular weight is 342 g/mol. The molecule has 0 spiro atoms. The lowest BCUT2D eigenvalue weighted by Gasteiger charge is -2.16. The summed E-state index contributed by atoms with van der Waals surface area (Å²) in [5.74, 6) is 1.52. The summed E-state index contributed by atoms with van der Waals surface area (Å²) in [5.41, 5.74) is 1.62. The van der Waals surface area contributed by atoms with Crippen molar-refractivity contribution in [2.45, 2.75) is 27.3 Å². The molecule has 0 atom stereocenters. The van der Waals surface area contributed by atoms with Crippen molar-refractivity contribution in [3.05, 3.63) is 43.4 Å². The minimum atomic E-state index is 0.0105. The van der Waals surface area contributed by atoms with E-state index in [0.717, 1.165) is 20.0 Å². The number of thiophene rings is 1. The molecule has 0 aliphatic heterocycles. The van der Waals surface area contributed by atoms with Gasteiger partial charge in [0, 0.05) is 17.5 Å². The SMILES string of the molecule is Cc1oc(C)c(C(=O)N(C)Cc2ccc(Br)s2)c1C. The fraction of sp³-hybridized carbons (Fsp3) is 0.357. The van der Waals surface area contributed by atoms with Crippen LogP contribution in [0.5, 0.6) is 0 Å². The Labute approximate surface area is 125 Å². The van der Waals surface area contributed by atoms with E-state index in [-0.39, 0.29) is 5.91 Å². The van der Waals surface area contributed by atoms with E-state index in [9.17, 15) is 4.79 Å². The number of halogens is 1. The molecular formula is C14H16BrNO2S. The first-order valence-corrected chi connectivity index (χ1v) is 7.57. The van der Waals surface area contributed by atoms with Gasteiger partial charge >= 0.3 is 0 Å². The van der Waals surface area contributed by atoms with Crippen molar-refractivity contribution in [1.82, 2.24) is 4.90 Å². The molecule has 0 fully saturated rings. The summed E-state index contributed by atoms with van der Waals surface area (Å²) in [7, 11) is 1.82. The maximum absolute atomic E-state index is 12.5. The molecule has 0 saturated carbocycles. The van der Waals surface area contributed by atoms with Crippen LogP contribution in [-0.4, -0.2) is 17.9 Å². The minimum Gasteiger partial charge on any atom is -0.466 e. The largest absolute Gasteiger partial charge is 0.466 e. The van der Waals surface area contributed by atoms with Gasteiger partial charge in [0.25, 0.3) is 5.91 Å². The van der Waals surface area contributed by atoms with Gasteiger partial charge in [-0.25, -0.2) is 0 Å². The third-order valence-corrected chi connectivity index (χ3v) is 4.75. The van der Waals surface area contributed by atoms with Crippen molar-refractivity contribution >= 4 is 33.2 Å². The van der Waals surface area contributed by atoms with Crippen LogP contribution in [-0.2, 0) is 6.54 Å². The maximum Gasteiger partial charge on any atom is 0.257 e. The third kappa shape index (κ3) is 2.92. The number of nitrogens with zero attached hydrogens (tertiary/aromatic N) is 1. The number of carbonyl (C=O) groups excluding carboxylic acids is 1. The zero-order chi connectivity index (χ0) is 14.2. The predicted molar refractivity (Wildman–Crippen MR) is 80.7 cm³/mol. The lowest BCUT2D eigenvalue weighted by molar-refractivity contribution is 0.0784. The van der Waals surface area contributed by atoms with Gasteiger partial charge in [0.05, 0.1) is 15.9 Å². The first-order chi connectivity index (χ1) is 8.90. The highest BCUT2D eigenvalue weighted by atomic mass is 79.9. The Morgan fingerprint density at radius 2 is 2.00 bits per heavy atom. The molecule has 19 heavy (non-hydrogen) atoms. The fourth-order valence-electron chi connectivity index (χ4n) is 2.04. The Kier molecular flexibility index (Phi) is 4.16. The van der Waals surface area contributed by atoms with Crippen LogP contribution < -0.4 is 0 Å². The summed E-state index contributed by atoms with van der Waals surface area (Å²) in [4.78, 5) is 15.3. The molecule has 102 valence electrons. The fourth-order valence-corrected chi connectivity index (χ4v) is 3.58. The predicted octanol–water partition coefficient (Wildman–Crippen LogP) is 4.30. The van der Waals surface area contributed by atoms with E-state index >= 15 is 0 Å². The molecule has 0 saturated heterocycles. The number of aryl methyl sites for hydroxylation is 2. The van der Waals surface area contributed by atoms with Gasteiger partial charge in [-0.2, -0.15) is 0 Å². The van der Waals surface area contributed by atoms with Crippen LogP contribution in [0.1, 0.15) is 32.3 Å². The van der Waals surface area contributed by atoms with E-state index < -0.39 is 0 Å². The van der Waals surface area contributed by atoms with Gasteiger partial charge in [0.2, 0.25) is 0 Å². The van der Waals surface area contributed by atoms with Gasteiger partial charge in [-0.05, 0) is 48.8 Å². The van der Waals surface area contributed by atoms with Crippen molar-refractivity contribution < 1.29 is 9.21 Å². The van der Waals surface area contributed by atoms with Gasteiger partial charge in [0.15, 0.2) is 0 Å².